The van der Waals surface area contributed by atoms with Crippen molar-refractivity contribution >= 4 is 37.1 Å². The van der Waals surface area contributed by atoms with E-state index in [1.54, 1.807) is 0 Å². The molecule has 0 aliphatic heterocycles. The molecule has 3 aromatic heterocycles. The van der Waals surface area contributed by atoms with E-state index in [9.17, 15) is 0 Å². The van der Waals surface area contributed by atoms with Gasteiger partial charge in [-0.1, -0.05) is 154 Å². The second-order valence-electron chi connectivity index (χ2n) is 17.0. The van der Waals surface area contributed by atoms with Gasteiger partial charge in [-0.3, -0.25) is 0 Å². The van der Waals surface area contributed by atoms with E-state index in [1.165, 1.54) is 118 Å². The van der Waals surface area contributed by atoms with Crippen LogP contribution in [0.25, 0.3) is 70.9 Å². The zero-order valence-electron chi connectivity index (χ0n) is 33.7. The van der Waals surface area contributed by atoms with Crippen molar-refractivity contribution in [1.82, 2.24) is 19.6 Å². The van der Waals surface area contributed by atoms with Gasteiger partial charge in [0.05, 0.1) is 38.9 Å². The van der Waals surface area contributed by atoms with Gasteiger partial charge in [0.2, 0.25) is 0 Å². The summed E-state index contributed by atoms with van der Waals surface area (Å²) in [5.74, 6) is 1.07. The molecular formula is C54H50N4S. The van der Waals surface area contributed by atoms with E-state index in [1.807, 2.05) is 11.3 Å². The molecule has 0 bridgehead atoms. The second kappa shape index (κ2) is 15.8. The Labute approximate surface area is 351 Å². The molecule has 3 heterocycles. The Hall–Kier alpha value is -5.78. The summed E-state index contributed by atoms with van der Waals surface area (Å²) in [4.78, 5) is 0. The Balaban J connectivity index is 1.20. The molecule has 2 saturated carbocycles. The quantitative estimate of drug-likeness (QED) is 0.154. The molecule has 0 spiro atoms. The lowest BCUT2D eigenvalue weighted by molar-refractivity contribution is 0.445. The number of thiophene rings is 1. The fourth-order valence-corrected chi connectivity index (χ4v) is 11.7. The summed E-state index contributed by atoms with van der Waals surface area (Å²) in [5.41, 5.74) is 14.5. The Morgan fingerprint density at radius 3 is 1.76 bits per heavy atom. The van der Waals surface area contributed by atoms with Crippen LogP contribution >= 0.6 is 11.3 Å². The monoisotopic (exact) mass is 786 g/mol. The normalized spacial score (nSPS) is 16.6. The van der Waals surface area contributed by atoms with Gasteiger partial charge in [-0.15, -0.1) is 11.3 Å². The Morgan fingerprint density at radius 2 is 1.12 bits per heavy atom. The van der Waals surface area contributed by atoms with Crippen molar-refractivity contribution in [3.8, 4) is 45.1 Å². The topological polar surface area (TPSA) is 35.6 Å². The number of fused-ring (bicyclic) bond motifs is 3. The molecule has 3 aliphatic rings. The van der Waals surface area contributed by atoms with Crippen molar-refractivity contribution in [3.63, 3.8) is 0 Å². The molecule has 8 aromatic rings. The maximum Gasteiger partial charge on any atom is 0.0934 e. The predicted octanol–water partition coefficient (Wildman–Crippen LogP) is 15.3. The summed E-state index contributed by atoms with van der Waals surface area (Å²) < 4.78 is 7.33. The lowest BCUT2D eigenvalue weighted by Gasteiger charge is -2.24. The second-order valence-corrected chi connectivity index (χ2v) is 18.0. The molecule has 11 rings (SSSR count). The third kappa shape index (κ3) is 6.79. The first-order valence-electron chi connectivity index (χ1n) is 22.0. The molecule has 59 heavy (non-hydrogen) atoms. The van der Waals surface area contributed by atoms with Crippen LogP contribution in [0.4, 0.5) is 0 Å². The summed E-state index contributed by atoms with van der Waals surface area (Å²) >= 11 is 2.02. The predicted molar refractivity (Wildman–Crippen MR) is 248 cm³/mol. The number of hydrogen-bond donors (Lipinski definition) is 0. The zero-order chi connectivity index (χ0) is 39.1. The average molecular weight is 787 g/mol. The highest BCUT2D eigenvalue weighted by molar-refractivity contribution is 7.26. The summed E-state index contributed by atoms with van der Waals surface area (Å²) in [7, 11) is 0. The van der Waals surface area contributed by atoms with Crippen LogP contribution in [0, 0.1) is 0 Å². The average Bonchev–Trinajstić information content (AvgIpc) is 4.07. The molecule has 0 atom stereocenters. The van der Waals surface area contributed by atoms with Crippen LogP contribution in [0.3, 0.4) is 0 Å². The molecule has 0 N–H and O–H groups in total. The Kier molecular flexibility index (Phi) is 9.70. The molecule has 0 radical (unpaired) electrons. The SMILES string of the molecule is C1=CCCC(c2cc(-c3ccccc3)n(-c3ccc(C4CCCCC4)c4c3sc3c(C5CCCCC5)cc(-n5nc(-c6ccccc6)cc5-c5ccccc5)cc34)n2)=C1. The zero-order valence-corrected chi connectivity index (χ0v) is 34.5. The standard InChI is InChI=1S/C54H50N4S/c1-7-19-37(20-8-1)44-31-32-49(58-51(42-29-17-6-18-30-42)36-48(56-58)40-25-13-4-14-26-40)54-52(44)46-34-43(33-45(53(46)59-54)38-21-9-2-10-22-38)57-50(41-27-15-5-16-28-41)35-47(55-57)39-23-11-3-12-24-39/h3-6,11-13,15-18,23-25,27-38H,1-2,7-10,14,19-22,26H2. The van der Waals surface area contributed by atoms with E-state index in [2.05, 4.69) is 155 Å². The number of benzene rings is 5. The van der Waals surface area contributed by atoms with Crippen LogP contribution in [0.15, 0.2) is 146 Å². The van der Waals surface area contributed by atoms with Crippen LogP contribution in [-0.4, -0.2) is 19.6 Å². The molecule has 4 nitrogen and oxygen atoms in total. The lowest BCUT2D eigenvalue weighted by atomic mass is 9.81. The fourth-order valence-electron chi connectivity index (χ4n) is 10.3. The van der Waals surface area contributed by atoms with Gasteiger partial charge < -0.3 is 0 Å². The van der Waals surface area contributed by atoms with Gasteiger partial charge in [-0.05, 0) is 97.4 Å². The maximum absolute atomic E-state index is 5.50. The molecule has 3 aliphatic carbocycles. The van der Waals surface area contributed by atoms with Gasteiger partial charge in [0.1, 0.15) is 0 Å². The number of rotatable bonds is 8. The fraction of sp³-hybridized carbons (Fsp3) is 0.259. The van der Waals surface area contributed by atoms with Crippen molar-refractivity contribution in [3.05, 3.63) is 162 Å². The highest BCUT2D eigenvalue weighted by Gasteiger charge is 2.28. The number of nitrogens with zero attached hydrogens (tertiary/aromatic N) is 4. The minimum Gasteiger partial charge on any atom is -0.232 e. The highest BCUT2D eigenvalue weighted by Crippen LogP contribution is 2.50. The summed E-state index contributed by atoms with van der Waals surface area (Å²) in [5, 5.41) is 13.8. The van der Waals surface area contributed by atoms with E-state index in [0.717, 1.165) is 46.9 Å². The first kappa shape index (κ1) is 36.3. The molecule has 0 amide bonds. The smallest absolute Gasteiger partial charge is 0.0934 e. The third-order valence-corrected chi connectivity index (χ3v) is 14.6. The van der Waals surface area contributed by atoms with Gasteiger partial charge in [0.15, 0.2) is 0 Å². The molecule has 292 valence electrons. The van der Waals surface area contributed by atoms with Gasteiger partial charge in [-0.2, -0.15) is 10.2 Å². The Morgan fingerprint density at radius 1 is 0.525 bits per heavy atom. The van der Waals surface area contributed by atoms with E-state index >= 15 is 0 Å². The van der Waals surface area contributed by atoms with Gasteiger partial charge >= 0.3 is 0 Å². The van der Waals surface area contributed by atoms with Crippen LogP contribution in [0.1, 0.15) is 106 Å². The molecule has 0 unspecified atom stereocenters. The molecule has 0 saturated heterocycles. The van der Waals surface area contributed by atoms with Crippen molar-refractivity contribution in [2.24, 2.45) is 0 Å². The first-order valence-corrected chi connectivity index (χ1v) is 22.8. The van der Waals surface area contributed by atoms with E-state index in [4.69, 9.17) is 10.2 Å². The van der Waals surface area contributed by atoms with Crippen molar-refractivity contribution in [1.29, 1.82) is 0 Å². The summed E-state index contributed by atoms with van der Waals surface area (Å²) in [6.07, 6.45) is 21.6. The first-order chi connectivity index (χ1) is 29.3. The van der Waals surface area contributed by atoms with Crippen molar-refractivity contribution in [2.75, 3.05) is 0 Å². The Bertz CT molecular complexity index is 2830. The van der Waals surface area contributed by atoms with Gasteiger partial charge in [0.25, 0.3) is 0 Å². The minimum atomic E-state index is 0.521. The van der Waals surface area contributed by atoms with Crippen LogP contribution < -0.4 is 0 Å². The van der Waals surface area contributed by atoms with Crippen molar-refractivity contribution in [2.45, 2.75) is 88.9 Å². The van der Waals surface area contributed by atoms with E-state index < -0.39 is 0 Å². The molecule has 5 aromatic carbocycles. The maximum atomic E-state index is 5.50. The molecular weight excluding hydrogens is 737 g/mol. The van der Waals surface area contributed by atoms with Crippen LogP contribution in [0.5, 0.6) is 0 Å². The van der Waals surface area contributed by atoms with Crippen LogP contribution in [-0.2, 0) is 0 Å². The summed E-state index contributed by atoms with van der Waals surface area (Å²) in [6.45, 7) is 0. The molecule has 2 fully saturated rings. The lowest BCUT2D eigenvalue weighted by Crippen LogP contribution is -2.07. The number of allylic oxidation sites excluding steroid dienone is 4. The minimum absolute atomic E-state index is 0.521. The third-order valence-electron chi connectivity index (χ3n) is 13.3. The highest BCUT2D eigenvalue weighted by atomic mass is 32.1. The number of hydrogen-bond acceptors (Lipinski definition) is 3. The summed E-state index contributed by atoms with van der Waals surface area (Å²) in [6, 6.07) is 46.9. The van der Waals surface area contributed by atoms with Crippen LogP contribution in [0.2, 0.25) is 0 Å². The molecule has 5 heteroatoms. The van der Waals surface area contributed by atoms with E-state index in [0.29, 0.717) is 11.8 Å². The van der Waals surface area contributed by atoms with Gasteiger partial charge in [0, 0.05) is 32.2 Å². The van der Waals surface area contributed by atoms with Crippen molar-refractivity contribution < 1.29 is 0 Å². The van der Waals surface area contributed by atoms with E-state index in [-0.39, 0.29) is 0 Å². The number of aromatic nitrogens is 4. The van der Waals surface area contributed by atoms with Gasteiger partial charge in [-0.25, -0.2) is 9.36 Å². The largest absolute Gasteiger partial charge is 0.232 e.